The highest BCUT2D eigenvalue weighted by Gasteiger charge is 2.16. The van der Waals surface area contributed by atoms with E-state index in [9.17, 15) is 4.79 Å². The molecule has 0 aliphatic heterocycles. The van der Waals surface area contributed by atoms with E-state index in [-0.39, 0.29) is 18.3 Å². The zero-order valence-corrected chi connectivity index (χ0v) is 16.6. The maximum atomic E-state index is 12.5. The van der Waals surface area contributed by atoms with Crippen molar-refractivity contribution in [3.8, 4) is 22.7 Å². The number of anilines is 1. The van der Waals surface area contributed by atoms with Gasteiger partial charge in [-0.1, -0.05) is 30.3 Å². The minimum Gasteiger partial charge on any atom is -0.454 e. The maximum Gasteiger partial charge on any atom is 0.253 e. The van der Waals surface area contributed by atoms with Crippen molar-refractivity contribution in [2.45, 2.75) is 6.92 Å². The number of aliphatic hydroxyl groups is 1. The lowest BCUT2D eigenvalue weighted by Crippen LogP contribution is -2.33. The summed E-state index contributed by atoms with van der Waals surface area (Å²) in [6.45, 7) is 2.65. The summed E-state index contributed by atoms with van der Waals surface area (Å²) in [5, 5.41) is 10.1. The quantitative estimate of drug-likeness (QED) is 0.511. The van der Waals surface area contributed by atoms with Gasteiger partial charge < -0.3 is 20.2 Å². The first-order valence-electron chi connectivity index (χ1n) is 9.72. The van der Waals surface area contributed by atoms with Crippen LogP contribution in [-0.4, -0.2) is 45.6 Å². The first kappa shape index (κ1) is 19.6. The number of rotatable bonds is 6. The van der Waals surface area contributed by atoms with E-state index in [4.69, 9.17) is 15.3 Å². The smallest absolute Gasteiger partial charge is 0.253 e. The summed E-state index contributed by atoms with van der Waals surface area (Å²) in [5.41, 5.74) is 9.27. The molecule has 0 bridgehead atoms. The molecule has 1 amide bonds. The number of para-hydroxylation sites is 1. The molecule has 0 spiro atoms. The summed E-state index contributed by atoms with van der Waals surface area (Å²) in [4.78, 5) is 23.1. The summed E-state index contributed by atoms with van der Waals surface area (Å²) in [7, 11) is 0. The fourth-order valence-electron chi connectivity index (χ4n) is 3.31. The summed E-state index contributed by atoms with van der Waals surface area (Å²) in [6, 6.07) is 16.7. The topological polar surface area (TPSA) is 105 Å². The van der Waals surface area contributed by atoms with Crippen molar-refractivity contribution >= 4 is 22.7 Å². The molecule has 0 saturated carbocycles. The Bertz CT molecular complexity index is 1150. The van der Waals surface area contributed by atoms with Crippen LogP contribution in [0, 0.1) is 0 Å². The van der Waals surface area contributed by atoms with E-state index in [0.717, 1.165) is 16.5 Å². The molecule has 7 nitrogen and oxygen atoms in total. The number of amides is 1. The molecule has 2 heterocycles. The van der Waals surface area contributed by atoms with Gasteiger partial charge in [-0.15, -0.1) is 0 Å². The number of nitrogens with zero attached hydrogens (tertiary/aromatic N) is 3. The molecule has 0 atom stereocenters. The number of furan rings is 1. The number of hydrogen-bond donors (Lipinski definition) is 2. The summed E-state index contributed by atoms with van der Waals surface area (Å²) < 4.78 is 5.88. The van der Waals surface area contributed by atoms with E-state index in [2.05, 4.69) is 9.97 Å². The predicted octanol–water partition coefficient (Wildman–Crippen LogP) is 3.59. The molecule has 2 aromatic carbocycles. The monoisotopic (exact) mass is 402 g/mol. The summed E-state index contributed by atoms with van der Waals surface area (Å²) >= 11 is 0. The highest BCUT2D eigenvalue weighted by atomic mass is 16.3. The second-order valence-electron chi connectivity index (χ2n) is 6.82. The lowest BCUT2D eigenvalue weighted by Gasteiger charge is -2.19. The van der Waals surface area contributed by atoms with Crippen LogP contribution in [0.25, 0.3) is 33.7 Å². The molecule has 4 aromatic rings. The van der Waals surface area contributed by atoms with Crippen LogP contribution in [0.3, 0.4) is 0 Å². The van der Waals surface area contributed by atoms with Gasteiger partial charge in [0.05, 0.1) is 18.5 Å². The fourth-order valence-corrected chi connectivity index (χ4v) is 3.31. The van der Waals surface area contributed by atoms with E-state index in [1.54, 1.807) is 23.2 Å². The number of benzene rings is 2. The second-order valence-corrected chi connectivity index (χ2v) is 6.82. The number of carbonyl (C=O) groups excluding carboxylic acids is 1. The number of likely N-dealkylation sites (N-methyl/N-ethyl adjacent to an activating group) is 1. The second kappa shape index (κ2) is 8.34. The van der Waals surface area contributed by atoms with Gasteiger partial charge in [-0.3, -0.25) is 4.79 Å². The van der Waals surface area contributed by atoms with Crippen molar-refractivity contribution in [3.05, 3.63) is 66.4 Å². The van der Waals surface area contributed by atoms with E-state index < -0.39 is 0 Å². The van der Waals surface area contributed by atoms with Gasteiger partial charge in [0.1, 0.15) is 11.3 Å². The number of hydrogen-bond acceptors (Lipinski definition) is 6. The van der Waals surface area contributed by atoms with Gasteiger partial charge in [0.25, 0.3) is 5.91 Å². The van der Waals surface area contributed by atoms with Crippen LogP contribution in [0.2, 0.25) is 0 Å². The zero-order valence-electron chi connectivity index (χ0n) is 16.6. The lowest BCUT2D eigenvalue weighted by atomic mass is 10.1. The molecule has 30 heavy (non-hydrogen) atoms. The fraction of sp³-hybridized carbons (Fsp3) is 0.174. The maximum absolute atomic E-state index is 12.5. The van der Waals surface area contributed by atoms with Crippen molar-refractivity contribution in [2.24, 2.45) is 0 Å². The van der Waals surface area contributed by atoms with Gasteiger partial charge in [-0.25, -0.2) is 9.97 Å². The Balaban J connectivity index is 1.65. The molecule has 0 unspecified atom stereocenters. The normalized spacial score (nSPS) is 11.0. The third kappa shape index (κ3) is 3.75. The number of aliphatic hydroxyl groups excluding tert-OH is 1. The van der Waals surface area contributed by atoms with E-state index in [0.29, 0.717) is 35.8 Å². The van der Waals surface area contributed by atoms with Crippen LogP contribution < -0.4 is 5.73 Å². The van der Waals surface area contributed by atoms with Crippen LogP contribution in [0.1, 0.15) is 17.3 Å². The molecule has 2 aromatic heterocycles. The average Bonchev–Trinajstić information content (AvgIpc) is 3.21. The predicted molar refractivity (Wildman–Crippen MR) is 116 cm³/mol. The van der Waals surface area contributed by atoms with Crippen LogP contribution in [-0.2, 0) is 0 Å². The Morgan fingerprint density at radius 2 is 1.93 bits per heavy atom. The molecule has 4 rings (SSSR count). The molecule has 0 saturated heterocycles. The van der Waals surface area contributed by atoms with Gasteiger partial charge in [-0.05, 0) is 31.2 Å². The molecular formula is C23H22N4O3. The largest absolute Gasteiger partial charge is 0.454 e. The molecule has 152 valence electrons. The van der Waals surface area contributed by atoms with Crippen molar-refractivity contribution in [2.75, 3.05) is 25.4 Å². The van der Waals surface area contributed by atoms with Crippen molar-refractivity contribution < 1.29 is 14.3 Å². The molecular weight excluding hydrogens is 380 g/mol. The number of nitrogens with two attached hydrogens (primary N) is 1. The number of aromatic nitrogens is 2. The standard InChI is InChI=1S/C23H22N4O3/c1-2-27(11-12-28)23(29)16-9-7-15(8-10-16)18-14-25-22(24)21(26-18)20-13-17-5-3-4-6-19(17)30-20/h3-10,13-14,28H,2,11-12H2,1H3,(H2,24,25). The number of carbonyl (C=O) groups is 1. The first-order valence-corrected chi connectivity index (χ1v) is 9.72. The molecule has 0 radical (unpaired) electrons. The molecule has 0 aliphatic rings. The van der Waals surface area contributed by atoms with Gasteiger partial charge in [0.2, 0.25) is 0 Å². The van der Waals surface area contributed by atoms with E-state index in [1.165, 1.54) is 0 Å². The summed E-state index contributed by atoms with van der Waals surface area (Å²) in [5.74, 6) is 0.717. The SMILES string of the molecule is CCN(CCO)C(=O)c1ccc(-c2cnc(N)c(-c3cc4ccccc4o3)n2)cc1. The minimum atomic E-state index is -0.121. The first-order chi connectivity index (χ1) is 14.6. The Labute approximate surface area is 173 Å². The van der Waals surface area contributed by atoms with Crippen LogP contribution in [0.15, 0.2) is 65.2 Å². The average molecular weight is 402 g/mol. The van der Waals surface area contributed by atoms with Crippen molar-refractivity contribution in [1.29, 1.82) is 0 Å². The van der Waals surface area contributed by atoms with Crippen LogP contribution >= 0.6 is 0 Å². The third-order valence-corrected chi connectivity index (χ3v) is 4.93. The highest BCUT2D eigenvalue weighted by molar-refractivity contribution is 5.94. The van der Waals surface area contributed by atoms with E-state index >= 15 is 0 Å². The van der Waals surface area contributed by atoms with Crippen LogP contribution in [0.4, 0.5) is 5.82 Å². The molecule has 0 aliphatic carbocycles. The minimum absolute atomic E-state index is 0.0662. The third-order valence-electron chi connectivity index (χ3n) is 4.93. The highest BCUT2D eigenvalue weighted by Crippen LogP contribution is 2.31. The van der Waals surface area contributed by atoms with Gasteiger partial charge in [0.15, 0.2) is 11.6 Å². The van der Waals surface area contributed by atoms with E-state index in [1.807, 2.05) is 49.4 Å². The Hall–Kier alpha value is -3.71. The van der Waals surface area contributed by atoms with Gasteiger partial charge in [-0.2, -0.15) is 0 Å². The molecule has 3 N–H and O–H groups in total. The van der Waals surface area contributed by atoms with Gasteiger partial charge >= 0.3 is 0 Å². The van der Waals surface area contributed by atoms with Crippen molar-refractivity contribution in [3.63, 3.8) is 0 Å². The Kier molecular flexibility index (Phi) is 5.45. The zero-order chi connectivity index (χ0) is 21.1. The van der Waals surface area contributed by atoms with Gasteiger partial charge in [0, 0.05) is 29.6 Å². The number of fused-ring (bicyclic) bond motifs is 1. The molecule has 0 fully saturated rings. The Morgan fingerprint density at radius 1 is 1.17 bits per heavy atom. The lowest BCUT2D eigenvalue weighted by molar-refractivity contribution is 0.0732. The Morgan fingerprint density at radius 3 is 2.63 bits per heavy atom. The summed E-state index contributed by atoms with van der Waals surface area (Å²) in [6.07, 6.45) is 1.60. The molecule has 7 heteroatoms. The van der Waals surface area contributed by atoms with Crippen molar-refractivity contribution in [1.82, 2.24) is 14.9 Å². The van der Waals surface area contributed by atoms with Crippen LogP contribution in [0.5, 0.6) is 0 Å². The number of nitrogen functional groups attached to an aromatic ring is 1.